The van der Waals surface area contributed by atoms with Crippen LogP contribution >= 0.6 is 11.3 Å². The predicted molar refractivity (Wildman–Crippen MR) is 132 cm³/mol. The number of nitrogens with zero attached hydrogens (tertiary/aromatic N) is 4. The van der Waals surface area contributed by atoms with E-state index in [1.807, 2.05) is 19.1 Å². The molecule has 1 fully saturated rings. The number of carbonyl (C=O) groups excluding carboxylic acids is 2. The maximum Gasteiger partial charge on any atom is 0.263 e. The Hall–Kier alpha value is -4.25. The van der Waals surface area contributed by atoms with Gasteiger partial charge in [0.05, 0.1) is 0 Å². The van der Waals surface area contributed by atoms with Gasteiger partial charge in [0.2, 0.25) is 11.8 Å². The van der Waals surface area contributed by atoms with E-state index >= 15 is 0 Å². The second-order valence-electron chi connectivity index (χ2n) is 8.12. The number of anilines is 1. The summed E-state index contributed by atoms with van der Waals surface area (Å²) in [5.41, 5.74) is 1.07. The minimum Gasteiger partial charge on any atom is -0.480 e. The van der Waals surface area contributed by atoms with Crippen LogP contribution in [0.4, 0.5) is 5.13 Å². The van der Waals surface area contributed by atoms with Crippen molar-refractivity contribution in [3.63, 3.8) is 0 Å². The lowest BCUT2D eigenvalue weighted by Crippen LogP contribution is -2.29. The van der Waals surface area contributed by atoms with E-state index in [-0.39, 0.29) is 11.8 Å². The van der Waals surface area contributed by atoms with E-state index in [0.717, 1.165) is 5.56 Å². The van der Waals surface area contributed by atoms with Crippen LogP contribution in [0.3, 0.4) is 0 Å². The Morgan fingerprint density at radius 1 is 1.17 bits per heavy atom. The largest absolute Gasteiger partial charge is 0.480 e. The van der Waals surface area contributed by atoms with Gasteiger partial charge in [-0.1, -0.05) is 6.92 Å². The number of likely N-dealkylation sites (N-methyl/N-ethyl adjacent to an activating group) is 1. The van der Waals surface area contributed by atoms with Crippen LogP contribution in [0.2, 0.25) is 0 Å². The van der Waals surface area contributed by atoms with Gasteiger partial charge in [0, 0.05) is 55.2 Å². The maximum atomic E-state index is 12.9. The van der Waals surface area contributed by atoms with Gasteiger partial charge in [0.15, 0.2) is 11.2 Å². The van der Waals surface area contributed by atoms with Crippen LogP contribution in [-0.2, 0) is 11.2 Å². The summed E-state index contributed by atoms with van der Waals surface area (Å²) in [7, 11) is 1.74. The zero-order valence-corrected chi connectivity index (χ0v) is 20.4. The highest BCUT2D eigenvalue weighted by Gasteiger charge is 2.31. The molecule has 1 aliphatic heterocycles. The van der Waals surface area contributed by atoms with Crippen molar-refractivity contribution in [1.29, 1.82) is 0 Å². The fourth-order valence-electron chi connectivity index (χ4n) is 3.66. The third kappa shape index (κ3) is 5.20. The Balaban J connectivity index is 1.39. The Morgan fingerprint density at radius 3 is 2.64 bits per heavy atom. The average Bonchev–Trinajstić information content (AvgIpc) is 3.64. The van der Waals surface area contributed by atoms with Crippen LogP contribution in [0.15, 0.2) is 58.5 Å². The van der Waals surface area contributed by atoms with E-state index in [2.05, 4.69) is 20.5 Å². The van der Waals surface area contributed by atoms with Gasteiger partial charge in [-0.25, -0.2) is 4.98 Å². The fraction of sp³-hybridized carbons (Fsp3) is 0.240. The van der Waals surface area contributed by atoms with Gasteiger partial charge in [0.25, 0.3) is 11.8 Å². The highest BCUT2D eigenvalue weighted by atomic mass is 32.1. The van der Waals surface area contributed by atoms with E-state index in [0.29, 0.717) is 59.1 Å². The van der Waals surface area contributed by atoms with Gasteiger partial charge in [-0.05, 0) is 36.4 Å². The Labute approximate surface area is 210 Å². The number of likely N-dealkylation sites (tertiary alicyclic amines) is 1. The topological polar surface area (TPSA) is 120 Å². The molecule has 184 valence electrons. The number of hydrogen-bond acceptors (Lipinski definition) is 9. The van der Waals surface area contributed by atoms with Crippen molar-refractivity contribution in [2.75, 3.05) is 18.9 Å². The molecule has 1 atom stereocenters. The van der Waals surface area contributed by atoms with Crippen molar-refractivity contribution in [3.8, 4) is 28.7 Å². The number of aryl methyl sites for hydroxylation is 1. The summed E-state index contributed by atoms with van der Waals surface area (Å²) in [5.74, 6) is 1.81. The van der Waals surface area contributed by atoms with E-state index < -0.39 is 6.10 Å². The number of hydrogen-bond donors (Lipinski definition) is 1. The molecule has 0 spiro atoms. The average molecular weight is 506 g/mol. The molecule has 0 aliphatic carbocycles. The monoisotopic (exact) mass is 505 g/mol. The molecule has 0 saturated carbocycles. The maximum absolute atomic E-state index is 12.9. The lowest BCUT2D eigenvalue weighted by Gasteiger charge is -2.15. The second kappa shape index (κ2) is 10.2. The van der Waals surface area contributed by atoms with E-state index in [9.17, 15) is 9.59 Å². The fourth-order valence-corrected chi connectivity index (χ4v) is 4.19. The lowest BCUT2D eigenvalue weighted by atomic mass is 10.1. The SMILES string of the molecule is CCc1nnc(-c2ccc(Oc3cc(OC4CCN(C)C4=O)cc(C(=O)Nc4nccs4)c3)cc2)o1. The molecule has 1 N–H and O–H groups in total. The normalized spacial score (nSPS) is 15.2. The van der Waals surface area contributed by atoms with Crippen molar-refractivity contribution in [3.05, 3.63) is 65.5 Å². The van der Waals surface area contributed by atoms with Crippen LogP contribution in [0, 0.1) is 0 Å². The number of ether oxygens (including phenoxy) is 2. The molecule has 11 heteroatoms. The van der Waals surface area contributed by atoms with Gasteiger partial charge in [-0.15, -0.1) is 21.5 Å². The first-order chi connectivity index (χ1) is 17.5. The molecule has 36 heavy (non-hydrogen) atoms. The molecule has 0 bridgehead atoms. The number of amides is 2. The zero-order valence-electron chi connectivity index (χ0n) is 19.6. The van der Waals surface area contributed by atoms with Crippen molar-refractivity contribution in [2.45, 2.75) is 25.9 Å². The smallest absolute Gasteiger partial charge is 0.263 e. The van der Waals surface area contributed by atoms with Crippen LogP contribution in [0.1, 0.15) is 29.6 Å². The number of aromatic nitrogens is 3. The third-order valence-electron chi connectivity index (χ3n) is 5.56. The van der Waals surface area contributed by atoms with Crippen molar-refractivity contribution in [2.24, 2.45) is 0 Å². The van der Waals surface area contributed by atoms with Gasteiger partial charge >= 0.3 is 0 Å². The second-order valence-corrected chi connectivity index (χ2v) is 9.01. The van der Waals surface area contributed by atoms with Crippen molar-refractivity contribution >= 4 is 28.3 Å². The third-order valence-corrected chi connectivity index (χ3v) is 6.25. The summed E-state index contributed by atoms with van der Waals surface area (Å²) < 4.78 is 17.6. The number of rotatable bonds is 8. The highest BCUT2D eigenvalue weighted by Crippen LogP contribution is 2.31. The first-order valence-corrected chi connectivity index (χ1v) is 12.2. The number of carbonyl (C=O) groups is 2. The Morgan fingerprint density at radius 2 is 1.97 bits per heavy atom. The first-order valence-electron chi connectivity index (χ1n) is 11.4. The van der Waals surface area contributed by atoms with Crippen LogP contribution in [0.25, 0.3) is 11.5 Å². The summed E-state index contributed by atoms with van der Waals surface area (Å²) in [6.45, 7) is 2.56. The van der Waals surface area contributed by atoms with Crippen molar-refractivity contribution < 1.29 is 23.5 Å². The molecule has 4 aromatic rings. The van der Waals surface area contributed by atoms with E-state index in [1.54, 1.807) is 53.9 Å². The molecular formula is C25H23N5O5S. The summed E-state index contributed by atoms with van der Waals surface area (Å²) in [6.07, 6.45) is 2.23. The molecule has 5 rings (SSSR count). The van der Waals surface area contributed by atoms with Crippen LogP contribution in [-0.4, -0.2) is 51.6 Å². The number of benzene rings is 2. The molecule has 10 nitrogen and oxygen atoms in total. The van der Waals surface area contributed by atoms with Crippen LogP contribution < -0.4 is 14.8 Å². The van der Waals surface area contributed by atoms with Gasteiger partial charge in [-0.2, -0.15) is 0 Å². The minimum atomic E-state index is -0.609. The van der Waals surface area contributed by atoms with Crippen molar-refractivity contribution in [1.82, 2.24) is 20.1 Å². The molecule has 3 heterocycles. The molecular weight excluding hydrogens is 482 g/mol. The molecule has 1 aliphatic rings. The molecule has 1 unspecified atom stereocenters. The van der Waals surface area contributed by atoms with Gasteiger partial charge in [0.1, 0.15) is 17.2 Å². The van der Waals surface area contributed by atoms with E-state index in [1.165, 1.54) is 11.3 Å². The number of nitrogens with one attached hydrogen (secondary N) is 1. The number of thiazole rings is 1. The van der Waals surface area contributed by atoms with Gasteiger partial charge < -0.3 is 18.8 Å². The summed E-state index contributed by atoms with van der Waals surface area (Å²) >= 11 is 1.31. The standard InChI is InChI=1S/C25H23N5O5S/c1-3-21-28-29-23(35-21)15-4-6-17(7-5-15)33-18-12-16(22(31)27-25-26-9-11-36-25)13-19(14-18)34-20-8-10-30(2)24(20)32/h4-7,9,11-14,20H,3,8,10H2,1-2H3,(H,26,27,31). The Bertz CT molecular complexity index is 1370. The molecule has 2 amide bonds. The molecule has 2 aromatic heterocycles. The Kier molecular flexibility index (Phi) is 6.63. The first kappa shape index (κ1) is 23.5. The minimum absolute atomic E-state index is 0.0991. The zero-order chi connectivity index (χ0) is 25.1. The molecule has 0 radical (unpaired) electrons. The highest BCUT2D eigenvalue weighted by molar-refractivity contribution is 7.13. The molecule has 2 aromatic carbocycles. The summed E-state index contributed by atoms with van der Waals surface area (Å²) in [4.78, 5) is 31.0. The summed E-state index contributed by atoms with van der Waals surface area (Å²) in [5, 5.41) is 13.0. The molecule has 1 saturated heterocycles. The van der Waals surface area contributed by atoms with Crippen LogP contribution in [0.5, 0.6) is 17.2 Å². The predicted octanol–water partition coefficient (Wildman–Crippen LogP) is 4.41. The lowest BCUT2D eigenvalue weighted by molar-refractivity contribution is -0.132. The quantitative estimate of drug-likeness (QED) is 0.374. The van der Waals surface area contributed by atoms with E-state index in [4.69, 9.17) is 13.9 Å². The summed E-state index contributed by atoms with van der Waals surface area (Å²) in [6, 6.07) is 12.0. The van der Waals surface area contributed by atoms with Gasteiger partial charge in [-0.3, -0.25) is 14.9 Å².